The van der Waals surface area contributed by atoms with Crippen molar-refractivity contribution in [1.29, 1.82) is 0 Å². The second kappa shape index (κ2) is 8.70. The van der Waals surface area contributed by atoms with Gasteiger partial charge in [-0.3, -0.25) is 0 Å². The van der Waals surface area contributed by atoms with Crippen LogP contribution in [0.4, 0.5) is 0 Å². The lowest BCUT2D eigenvalue weighted by atomic mass is 10.2. The fourth-order valence-corrected chi connectivity index (χ4v) is 3.15. The summed E-state index contributed by atoms with van der Waals surface area (Å²) in [6, 6.07) is 4.95. The van der Waals surface area contributed by atoms with Gasteiger partial charge in [0.25, 0.3) is 0 Å². The van der Waals surface area contributed by atoms with Gasteiger partial charge in [-0.25, -0.2) is 8.42 Å². The summed E-state index contributed by atoms with van der Waals surface area (Å²) in [5.74, 6) is 0. The fraction of sp³-hybridized carbons (Fsp3) is 0.571. The quantitative estimate of drug-likeness (QED) is 0.692. The van der Waals surface area contributed by atoms with Crippen molar-refractivity contribution in [3.05, 3.63) is 28.8 Å². The van der Waals surface area contributed by atoms with E-state index in [1.165, 1.54) is 6.26 Å². The zero-order chi connectivity index (χ0) is 15.9. The van der Waals surface area contributed by atoms with E-state index in [4.69, 9.17) is 16.3 Å². The minimum atomic E-state index is -3.27. The van der Waals surface area contributed by atoms with Crippen molar-refractivity contribution >= 4 is 21.4 Å². The monoisotopic (exact) mass is 334 g/mol. The van der Waals surface area contributed by atoms with Crippen LogP contribution in [0.15, 0.2) is 23.1 Å². The lowest BCUT2D eigenvalue weighted by molar-refractivity contribution is 0.161. The van der Waals surface area contributed by atoms with E-state index in [0.29, 0.717) is 23.7 Å². The van der Waals surface area contributed by atoms with E-state index in [1.807, 2.05) is 7.05 Å². The molecule has 21 heavy (non-hydrogen) atoms. The van der Waals surface area contributed by atoms with E-state index < -0.39 is 9.84 Å². The average molecular weight is 335 g/mol. The molecule has 120 valence electrons. The van der Waals surface area contributed by atoms with E-state index in [1.54, 1.807) is 25.3 Å². The smallest absolute Gasteiger partial charge is 0.175 e. The molecule has 0 bridgehead atoms. The summed E-state index contributed by atoms with van der Waals surface area (Å²) >= 11 is 6.11. The van der Waals surface area contributed by atoms with Gasteiger partial charge in [-0.1, -0.05) is 17.7 Å². The van der Waals surface area contributed by atoms with Crippen LogP contribution in [0.2, 0.25) is 5.02 Å². The topological polar surface area (TPSA) is 58.6 Å². The van der Waals surface area contributed by atoms with Crippen molar-refractivity contribution in [1.82, 2.24) is 10.2 Å². The molecule has 1 rings (SSSR count). The molecular formula is C14H23ClN2O3S. The number of methoxy groups -OCH3 is 1. The highest BCUT2D eigenvalue weighted by atomic mass is 35.5. The van der Waals surface area contributed by atoms with Gasteiger partial charge in [0.1, 0.15) is 0 Å². The average Bonchev–Trinajstić information content (AvgIpc) is 2.41. The number of nitrogens with zero attached hydrogens (tertiary/aromatic N) is 1. The number of hydrogen-bond donors (Lipinski definition) is 1. The molecule has 7 heteroatoms. The predicted octanol–water partition coefficient (Wildman–Crippen LogP) is 1.41. The maximum Gasteiger partial charge on any atom is 0.175 e. The molecule has 0 radical (unpaired) electrons. The number of rotatable bonds is 9. The lowest BCUT2D eigenvalue weighted by Gasteiger charge is -2.17. The van der Waals surface area contributed by atoms with E-state index in [2.05, 4.69) is 10.2 Å². The maximum atomic E-state index is 11.8. The van der Waals surface area contributed by atoms with Crippen molar-refractivity contribution < 1.29 is 13.2 Å². The molecule has 1 aromatic rings. The SMILES string of the molecule is COCCN(C)CCNCc1c(Cl)cccc1S(C)(=O)=O. The highest BCUT2D eigenvalue weighted by Crippen LogP contribution is 2.23. The Morgan fingerprint density at radius 1 is 1.33 bits per heavy atom. The van der Waals surface area contributed by atoms with Crippen LogP contribution in [0.5, 0.6) is 0 Å². The normalized spacial score (nSPS) is 12.0. The molecule has 0 saturated heterocycles. The van der Waals surface area contributed by atoms with Crippen LogP contribution in [-0.2, 0) is 21.1 Å². The van der Waals surface area contributed by atoms with Crippen molar-refractivity contribution in [2.24, 2.45) is 0 Å². The van der Waals surface area contributed by atoms with Gasteiger partial charge in [0.05, 0.1) is 11.5 Å². The molecule has 0 aromatic heterocycles. The van der Waals surface area contributed by atoms with Crippen molar-refractivity contribution in [2.75, 3.05) is 46.7 Å². The Balaban J connectivity index is 2.56. The van der Waals surface area contributed by atoms with Crippen LogP contribution in [0, 0.1) is 0 Å². The van der Waals surface area contributed by atoms with Gasteiger partial charge < -0.3 is 15.0 Å². The third kappa shape index (κ3) is 6.32. The van der Waals surface area contributed by atoms with Gasteiger partial charge in [0, 0.05) is 50.1 Å². The summed E-state index contributed by atoms with van der Waals surface area (Å²) < 4.78 is 28.5. The Morgan fingerprint density at radius 2 is 2.05 bits per heavy atom. The van der Waals surface area contributed by atoms with Crippen molar-refractivity contribution in [3.8, 4) is 0 Å². The number of halogens is 1. The third-order valence-electron chi connectivity index (χ3n) is 3.12. The van der Waals surface area contributed by atoms with Gasteiger partial charge in [-0.15, -0.1) is 0 Å². The summed E-state index contributed by atoms with van der Waals surface area (Å²) in [6.07, 6.45) is 1.20. The molecule has 0 saturated carbocycles. The highest BCUT2D eigenvalue weighted by molar-refractivity contribution is 7.90. The first-order valence-corrected chi connectivity index (χ1v) is 8.99. The standard InChI is InChI=1S/C14H23ClN2O3S/c1-17(9-10-20-2)8-7-16-11-12-13(15)5-4-6-14(12)21(3,18)19/h4-6,16H,7-11H2,1-3H3. The minimum Gasteiger partial charge on any atom is -0.383 e. The van der Waals surface area contributed by atoms with Gasteiger partial charge in [-0.2, -0.15) is 0 Å². The molecule has 0 unspecified atom stereocenters. The minimum absolute atomic E-state index is 0.287. The van der Waals surface area contributed by atoms with Crippen LogP contribution < -0.4 is 5.32 Å². The van der Waals surface area contributed by atoms with Crippen LogP contribution >= 0.6 is 11.6 Å². The van der Waals surface area contributed by atoms with E-state index in [0.717, 1.165) is 19.6 Å². The Kier molecular flexibility index (Phi) is 7.62. The van der Waals surface area contributed by atoms with E-state index >= 15 is 0 Å². The largest absolute Gasteiger partial charge is 0.383 e. The first-order valence-electron chi connectivity index (χ1n) is 6.72. The van der Waals surface area contributed by atoms with Crippen molar-refractivity contribution in [3.63, 3.8) is 0 Å². The number of nitrogens with one attached hydrogen (secondary N) is 1. The molecule has 0 aliphatic heterocycles. The summed E-state index contributed by atoms with van der Waals surface area (Å²) in [7, 11) is 0.416. The summed E-state index contributed by atoms with van der Waals surface area (Å²) in [5.41, 5.74) is 0.626. The lowest BCUT2D eigenvalue weighted by Crippen LogP contribution is -2.31. The van der Waals surface area contributed by atoms with Crippen molar-refractivity contribution in [2.45, 2.75) is 11.4 Å². The molecule has 0 atom stereocenters. The second-order valence-corrected chi connectivity index (χ2v) is 7.35. The van der Waals surface area contributed by atoms with Crippen LogP contribution in [0.3, 0.4) is 0 Å². The number of hydrogen-bond acceptors (Lipinski definition) is 5. The van der Waals surface area contributed by atoms with E-state index in [9.17, 15) is 8.42 Å². The Hall–Kier alpha value is -0.660. The second-order valence-electron chi connectivity index (χ2n) is 4.96. The zero-order valence-corrected chi connectivity index (χ0v) is 14.3. The molecule has 0 aliphatic rings. The Labute approximate surface area is 132 Å². The summed E-state index contributed by atoms with van der Waals surface area (Å²) in [6.45, 7) is 3.58. The molecule has 0 spiro atoms. The summed E-state index contributed by atoms with van der Waals surface area (Å²) in [5, 5.41) is 3.70. The third-order valence-corrected chi connectivity index (χ3v) is 4.66. The number of sulfone groups is 1. The molecule has 5 nitrogen and oxygen atoms in total. The highest BCUT2D eigenvalue weighted by Gasteiger charge is 2.15. The maximum absolute atomic E-state index is 11.8. The first kappa shape index (κ1) is 18.4. The predicted molar refractivity (Wildman–Crippen MR) is 85.6 cm³/mol. The van der Waals surface area contributed by atoms with Gasteiger partial charge in [0.15, 0.2) is 9.84 Å². The molecule has 0 heterocycles. The van der Waals surface area contributed by atoms with Crippen LogP contribution in [0.1, 0.15) is 5.56 Å². The van der Waals surface area contributed by atoms with Crippen LogP contribution in [0.25, 0.3) is 0 Å². The molecule has 0 aliphatic carbocycles. The number of benzene rings is 1. The Morgan fingerprint density at radius 3 is 2.67 bits per heavy atom. The number of likely N-dealkylation sites (N-methyl/N-ethyl adjacent to an activating group) is 1. The first-order chi connectivity index (χ1) is 9.86. The van der Waals surface area contributed by atoms with Gasteiger partial charge in [-0.05, 0) is 19.2 Å². The zero-order valence-electron chi connectivity index (χ0n) is 12.7. The molecule has 1 aromatic carbocycles. The van der Waals surface area contributed by atoms with Crippen LogP contribution in [-0.4, -0.2) is 60.0 Å². The fourth-order valence-electron chi connectivity index (χ4n) is 1.90. The number of ether oxygens (including phenoxy) is 1. The van der Waals surface area contributed by atoms with Gasteiger partial charge in [0.2, 0.25) is 0 Å². The molecular weight excluding hydrogens is 312 g/mol. The molecule has 0 amide bonds. The van der Waals surface area contributed by atoms with Gasteiger partial charge >= 0.3 is 0 Å². The molecule has 1 N–H and O–H groups in total. The van der Waals surface area contributed by atoms with E-state index in [-0.39, 0.29) is 4.90 Å². The Bertz CT molecular complexity index is 549. The molecule has 0 fully saturated rings. The summed E-state index contributed by atoms with van der Waals surface area (Å²) in [4.78, 5) is 2.43.